The van der Waals surface area contributed by atoms with Crippen LogP contribution < -0.4 is 0 Å². The standard InChI is InChI=1S/C13H25NO2/c1-9(2)5-6-11(4)14-7-10(3)12(8-14)13(15)16/h9-12H,5-8H2,1-4H3,(H,15,16). The van der Waals surface area contributed by atoms with E-state index in [1.54, 1.807) is 0 Å². The number of carboxylic acid groups (broad SMARTS) is 1. The van der Waals surface area contributed by atoms with Crippen LogP contribution in [-0.4, -0.2) is 35.1 Å². The van der Waals surface area contributed by atoms with Gasteiger partial charge in [-0.15, -0.1) is 0 Å². The second-order valence-corrected chi connectivity index (χ2v) is 5.70. The van der Waals surface area contributed by atoms with Crippen molar-refractivity contribution in [1.82, 2.24) is 4.90 Å². The van der Waals surface area contributed by atoms with Gasteiger partial charge < -0.3 is 5.11 Å². The lowest BCUT2D eigenvalue weighted by molar-refractivity contribution is -0.142. The van der Waals surface area contributed by atoms with E-state index in [2.05, 4.69) is 25.7 Å². The van der Waals surface area contributed by atoms with Crippen LogP contribution in [0.5, 0.6) is 0 Å². The average Bonchev–Trinajstić information content (AvgIpc) is 2.56. The molecule has 1 heterocycles. The van der Waals surface area contributed by atoms with E-state index < -0.39 is 5.97 Å². The Morgan fingerprint density at radius 2 is 1.94 bits per heavy atom. The van der Waals surface area contributed by atoms with Gasteiger partial charge in [-0.2, -0.15) is 0 Å². The monoisotopic (exact) mass is 227 g/mol. The van der Waals surface area contributed by atoms with Gasteiger partial charge in [0.1, 0.15) is 0 Å². The Hall–Kier alpha value is -0.570. The highest BCUT2D eigenvalue weighted by Crippen LogP contribution is 2.26. The van der Waals surface area contributed by atoms with Gasteiger partial charge in [0, 0.05) is 19.1 Å². The minimum absolute atomic E-state index is 0.165. The molecule has 94 valence electrons. The normalized spacial score (nSPS) is 28.6. The minimum atomic E-state index is -0.633. The number of nitrogens with zero attached hydrogens (tertiary/aromatic N) is 1. The Morgan fingerprint density at radius 3 is 2.38 bits per heavy atom. The summed E-state index contributed by atoms with van der Waals surface area (Å²) in [6.45, 7) is 10.4. The molecular weight excluding hydrogens is 202 g/mol. The zero-order valence-corrected chi connectivity index (χ0v) is 10.9. The van der Waals surface area contributed by atoms with Crippen LogP contribution in [0.4, 0.5) is 0 Å². The third-order valence-electron chi connectivity index (χ3n) is 3.74. The van der Waals surface area contributed by atoms with Crippen LogP contribution >= 0.6 is 0 Å². The van der Waals surface area contributed by atoms with Crippen molar-refractivity contribution >= 4 is 5.97 Å². The maximum atomic E-state index is 11.0. The molecule has 16 heavy (non-hydrogen) atoms. The number of aliphatic carboxylic acids is 1. The summed E-state index contributed by atoms with van der Waals surface area (Å²) < 4.78 is 0. The third-order valence-corrected chi connectivity index (χ3v) is 3.74. The van der Waals surface area contributed by atoms with Crippen LogP contribution in [0.2, 0.25) is 0 Å². The van der Waals surface area contributed by atoms with Gasteiger partial charge in [-0.05, 0) is 31.6 Å². The van der Waals surface area contributed by atoms with E-state index in [-0.39, 0.29) is 5.92 Å². The van der Waals surface area contributed by atoms with E-state index in [4.69, 9.17) is 5.11 Å². The van der Waals surface area contributed by atoms with Gasteiger partial charge >= 0.3 is 5.97 Å². The molecule has 1 saturated heterocycles. The Kier molecular flexibility index (Phi) is 4.78. The highest BCUT2D eigenvalue weighted by atomic mass is 16.4. The first-order chi connectivity index (χ1) is 7.41. The molecule has 1 aliphatic rings. The number of carbonyl (C=O) groups is 1. The summed E-state index contributed by atoms with van der Waals surface area (Å²) in [6.07, 6.45) is 2.40. The van der Waals surface area contributed by atoms with Gasteiger partial charge in [0.25, 0.3) is 0 Å². The van der Waals surface area contributed by atoms with Crippen molar-refractivity contribution in [3.05, 3.63) is 0 Å². The molecule has 1 fully saturated rings. The molecule has 3 atom stereocenters. The minimum Gasteiger partial charge on any atom is -0.481 e. The van der Waals surface area contributed by atoms with Gasteiger partial charge in [-0.1, -0.05) is 20.8 Å². The van der Waals surface area contributed by atoms with Crippen LogP contribution in [0.15, 0.2) is 0 Å². The number of hydrogen-bond donors (Lipinski definition) is 1. The van der Waals surface area contributed by atoms with Crippen molar-refractivity contribution in [2.24, 2.45) is 17.8 Å². The molecular formula is C13H25NO2. The van der Waals surface area contributed by atoms with E-state index in [1.807, 2.05) is 6.92 Å². The molecule has 0 aromatic heterocycles. The Morgan fingerprint density at radius 1 is 1.31 bits per heavy atom. The molecule has 3 heteroatoms. The van der Waals surface area contributed by atoms with E-state index in [0.29, 0.717) is 12.0 Å². The molecule has 1 rings (SSSR count). The number of hydrogen-bond acceptors (Lipinski definition) is 2. The zero-order chi connectivity index (χ0) is 12.3. The quantitative estimate of drug-likeness (QED) is 0.784. The summed E-state index contributed by atoms with van der Waals surface area (Å²) in [4.78, 5) is 13.4. The Labute approximate surface area is 98.8 Å². The molecule has 3 unspecified atom stereocenters. The Balaban J connectivity index is 2.42. The van der Waals surface area contributed by atoms with Crippen molar-refractivity contribution in [3.63, 3.8) is 0 Å². The average molecular weight is 227 g/mol. The molecule has 0 saturated carbocycles. The fourth-order valence-corrected chi connectivity index (χ4v) is 2.44. The zero-order valence-electron chi connectivity index (χ0n) is 10.9. The summed E-state index contributed by atoms with van der Waals surface area (Å²) in [5.74, 6) is 0.226. The lowest BCUT2D eigenvalue weighted by Gasteiger charge is -2.24. The van der Waals surface area contributed by atoms with Crippen molar-refractivity contribution in [1.29, 1.82) is 0 Å². The lowest BCUT2D eigenvalue weighted by atomic mass is 9.99. The van der Waals surface area contributed by atoms with Crippen molar-refractivity contribution < 1.29 is 9.90 Å². The lowest BCUT2D eigenvalue weighted by Crippen LogP contribution is -2.32. The van der Waals surface area contributed by atoms with Gasteiger partial charge in [-0.3, -0.25) is 9.69 Å². The predicted octanol–water partition coefficient (Wildman–Crippen LogP) is 2.46. The molecule has 0 aliphatic carbocycles. The fourth-order valence-electron chi connectivity index (χ4n) is 2.44. The van der Waals surface area contributed by atoms with E-state index >= 15 is 0 Å². The summed E-state index contributed by atoms with van der Waals surface area (Å²) >= 11 is 0. The first-order valence-corrected chi connectivity index (χ1v) is 6.38. The van der Waals surface area contributed by atoms with E-state index in [9.17, 15) is 4.79 Å². The molecule has 1 aliphatic heterocycles. The van der Waals surface area contributed by atoms with Crippen LogP contribution in [0, 0.1) is 17.8 Å². The smallest absolute Gasteiger partial charge is 0.308 e. The van der Waals surface area contributed by atoms with E-state index in [0.717, 1.165) is 19.0 Å². The van der Waals surface area contributed by atoms with Gasteiger partial charge in [0.15, 0.2) is 0 Å². The maximum absolute atomic E-state index is 11.0. The Bertz CT molecular complexity index is 240. The summed E-state index contributed by atoms with van der Waals surface area (Å²) in [7, 11) is 0. The predicted molar refractivity (Wildman–Crippen MR) is 65.4 cm³/mol. The molecule has 1 N–H and O–H groups in total. The molecule has 0 spiro atoms. The molecule has 0 aromatic carbocycles. The highest BCUT2D eigenvalue weighted by Gasteiger charge is 2.36. The molecule has 0 amide bonds. The topological polar surface area (TPSA) is 40.5 Å². The van der Waals surface area contributed by atoms with Crippen molar-refractivity contribution in [2.45, 2.75) is 46.6 Å². The molecule has 0 radical (unpaired) electrons. The van der Waals surface area contributed by atoms with Crippen molar-refractivity contribution in [2.75, 3.05) is 13.1 Å². The first-order valence-electron chi connectivity index (χ1n) is 6.38. The van der Waals surface area contributed by atoms with Gasteiger partial charge in [0.2, 0.25) is 0 Å². The number of rotatable bonds is 5. The van der Waals surface area contributed by atoms with Crippen LogP contribution in [-0.2, 0) is 4.79 Å². The number of likely N-dealkylation sites (tertiary alicyclic amines) is 1. The van der Waals surface area contributed by atoms with Crippen molar-refractivity contribution in [3.8, 4) is 0 Å². The van der Waals surface area contributed by atoms with Crippen LogP contribution in [0.1, 0.15) is 40.5 Å². The summed E-state index contributed by atoms with van der Waals surface area (Å²) in [5, 5.41) is 9.07. The summed E-state index contributed by atoms with van der Waals surface area (Å²) in [6, 6.07) is 0.522. The molecule has 0 bridgehead atoms. The molecule has 3 nitrogen and oxygen atoms in total. The van der Waals surface area contributed by atoms with E-state index in [1.165, 1.54) is 12.8 Å². The van der Waals surface area contributed by atoms with Gasteiger partial charge in [0.05, 0.1) is 5.92 Å². The second kappa shape index (κ2) is 5.67. The third kappa shape index (κ3) is 3.48. The van der Waals surface area contributed by atoms with Crippen LogP contribution in [0.3, 0.4) is 0 Å². The maximum Gasteiger partial charge on any atom is 0.308 e. The molecule has 0 aromatic rings. The van der Waals surface area contributed by atoms with Crippen LogP contribution in [0.25, 0.3) is 0 Å². The first kappa shape index (κ1) is 13.5. The second-order valence-electron chi connectivity index (χ2n) is 5.70. The SMILES string of the molecule is CC(C)CCC(C)N1CC(C)C(C(=O)O)C1. The highest BCUT2D eigenvalue weighted by molar-refractivity contribution is 5.71. The van der Waals surface area contributed by atoms with Gasteiger partial charge in [-0.25, -0.2) is 0 Å². The summed E-state index contributed by atoms with van der Waals surface area (Å²) in [5.41, 5.74) is 0. The fraction of sp³-hybridized carbons (Fsp3) is 0.923. The number of carboxylic acids is 1. The largest absolute Gasteiger partial charge is 0.481 e.